The van der Waals surface area contributed by atoms with E-state index in [-0.39, 0.29) is 11.9 Å². The summed E-state index contributed by atoms with van der Waals surface area (Å²) >= 11 is 0. The summed E-state index contributed by atoms with van der Waals surface area (Å²) in [5, 5.41) is 7.03. The normalized spacial score (nSPS) is 13.3. The number of carbonyl (C=O) groups excluding carboxylic acids is 1. The van der Waals surface area contributed by atoms with Gasteiger partial charge in [0.2, 0.25) is 5.91 Å². The lowest BCUT2D eigenvalue weighted by atomic mass is 10.1. The van der Waals surface area contributed by atoms with Gasteiger partial charge in [0.05, 0.1) is 18.3 Å². The van der Waals surface area contributed by atoms with Gasteiger partial charge in [0.1, 0.15) is 18.8 Å². The van der Waals surface area contributed by atoms with E-state index in [0.717, 1.165) is 17.7 Å². The van der Waals surface area contributed by atoms with Crippen LogP contribution in [0, 0.1) is 0 Å². The summed E-state index contributed by atoms with van der Waals surface area (Å²) in [5.74, 6) is -0.123. The van der Waals surface area contributed by atoms with Gasteiger partial charge in [-0.3, -0.25) is 4.79 Å². The van der Waals surface area contributed by atoms with Gasteiger partial charge in [0.25, 0.3) is 0 Å². The van der Waals surface area contributed by atoms with Gasteiger partial charge in [-0.05, 0) is 38.0 Å². The molecule has 23 heavy (non-hydrogen) atoms. The molecule has 0 radical (unpaired) electrons. The monoisotopic (exact) mass is 314 g/mol. The fraction of sp³-hybridized carbons (Fsp3) is 0.353. The summed E-state index contributed by atoms with van der Waals surface area (Å²) in [6.45, 7) is 7.82. The molecule has 0 aliphatic carbocycles. The zero-order chi connectivity index (χ0) is 16.7. The Bertz CT molecular complexity index is 623. The van der Waals surface area contributed by atoms with Crippen molar-refractivity contribution in [2.75, 3.05) is 6.61 Å². The quantitative estimate of drug-likeness (QED) is 0.600. The molecule has 0 aliphatic heterocycles. The standard InChI is InChI=1S/C17H22N4O2/c1-4-5-10-23-14(3)17(22)20-13(2)15-6-8-16(9-7-15)21-12-18-11-19-21/h4,6-9,11-14H,1,5,10H2,2-3H3,(H,20,22)/t13-,14-/m0/s1. The van der Waals surface area contributed by atoms with Crippen LogP contribution in [-0.4, -0.2) is 33.4 Å². The number of hydrogen-bond donors (Lipinski definition) is 1. The lowest BCUT2D eigenvalue weighted by Crippen LogP contribution is -2.36. The predicted molar refractivity (Wildman–Crippen MR) is 88.1 cm³/mol. The van der Waals surface area contributed by atoms with E-state index < -0.39 is 6.10 Å². The number of ether oxygens (including phenoxy) is 1. The molecule has 6 nitrogen and oxygen atoms in total. The lowest BCUT2D eigenvalue weighted by Gasteiger charge is -2.18. The second-order valence-electron chi connectivity index (χ2n) is 5.25. The van der Waals surface area contributed by atoms with Crippen molar-refractivity contribution in [1.82, 2.24) is 20.1 Å². The van der Waals surface area contributed by atoms with Gasteiger partial charge in [-0.25, -0.2) is 9.67 Å². The molecule has 1 aromatic heterocycles. The minimum Gasteiger partial charge on any atom is -0.368 e. The third-order valence-electron chi connectivity index (χ3n) is 3.49. The van der Waals surface area contributed by atoms with E-state index >= 15 is 0 Å². The van der Waals surface area contributed by atoms with Crippen molar-refractivity contribution in [3.05, 3.63) is 55.1 Å². The van der Waals surface area contributed by atoms with Crippen LogP contribution in [-0.2, 0) is 9.53 Å². The lowest BCUT2D eigenvalue weighted by molar-refractivity contribution is -0.132. The fourth-order valence-electron chi connectivity index (χ4n) is 2.08. The Balaban J connectivity index is 1.91. The van der Waals surface area contributed by atoms with Crippen molar-refractivity contribution in [3.8, 4) is 5.69 Å². The van der Waals surface area contributed by atoms with E-state index in [4.69, 9.17) is 4.74 Å². The highest BCUT2D eigenvalue weighted by Gasteiger charge is 2.16. The summed E-state index contributed by atoms with van der Waals surface area (Å²) in [6, 6.07) is 7.71. The van der Waals surface area contributed by atoms with E-state index in [0.29, 0.717) is 6.61 Å². The maximum atomic E-state index is 12.1. The van der Waals surface area contributed by atoms with E-state index in [1.807, 2.05) is 31.2 Å². The zero-order valence-corrected chi connectivity index (χ0v) is 13.5. The van der Waals surface area contributed by atoms with Crippen LogP contribution in [0.4, 0.5) is 0 Å². The molecule has 1 heterocycles. The third kappa shape index (κ3) is 4.75. The van der Waals surface area contributed by atoms with Crippen molar-refractivity contribution >= 4 is 5.91 Å². The van der Waals surface area contributed by atoms with E-state index in [9.17, 15) is 4.79 Å². The van der Waals surface area contributed by atoms with Gasteiger partial charge >= 0.3 is 0 Å². The molecule has 0 spiro atoms. The number of nitrogens with zero attached hydrogens (tertiary/aromatic N) is 3. The number of hydrogen-bond acceptors (Lipinski definition) is 4. The van der Waals surface area contributed by atoms with Gasteiger partial charge in [-0.2, -0.15) is 5.10 Å². The summed E-state index contributed by atoms with van der Waals surface area (Å²) in [7, 11) is 0. The van der Waals surface area contributed by atoms with Crippen molar-refractivity contribution in [2.45, 2.75) is 32.4 Å². The Labute approximate surface area is 136 Å². The SMILES string of the molecule is C=CCCO[C@@H](C)C(=O)N[C@@H](C)c1ccc(-n2cncn2)cc1. The number of benzene rings is 1. The maximum Gasteiger partial charge on any atom is 0.249 e. The van der Waals surface area contributed by atoms with Crippen molar-refractivity contribution < 1.29 is 9.53 Å². The number of nitrogens with one attached hydrogen (secondary N) is 1. The average Bonchev–Trinajstić information content (AvgIpc) is 3.09. The van der Waals surface area contributed by atoms with Gasteiger partial charge in [0.15, 0.2) is 0 Å². The van der Waals surface area contributed by atoms with E-state index in [1.54, 1.807) is 24.0 Å². The molecule has 6 heteroatoms. The Morgan fingerprint density at radius 3 is 2.74 bits per heavy atom. The number of aromatic nitrogens is 3. The van der Waals surface area contributed by atoms with E-state index in [1.165, 1.54) is 6.33 Å². The van der Waals surface area contributed by atoms with E-state index in [2.05, 4.69) is 22.0 Å². The molecular weight excluding hydrogens is 292 g/mol. The number of amides is 1. The average molecular weight is 314 g/mol. The minimum absolute atomic E-state index is 0.0993. The van der Waals surface area contributed by atoms with Crippen LogP contribution in [0.3, 0.4) is 0 Å². The van der Waals surface area contributed by atoms with Gasteiger partial charge < -0.3 is 10.1 Å². The molecule has 2 atom stereocenters. The van der Waals surface area contributed by atoms with Crippen molar-refractivity contribution in [1.29, 1.82) is 0 Å². The first kappa shape index (κ1) is 16.9. The molecule has 0 saturated carbocycles. The van der Waals surface area contributed by atoms with Gasteiger partial charge in [-0.1, -0.05) is 18.2 Å². The molecule has 0 aliphatic rings. The Hall–Kier alpha value is -2.47. The fourth-order valence-corrected chi connectivity index (χ4v) is 2.08. The molecular formula is C17H22N4O2. The zero-order valence-electron chi connectivity index (χ0n) is 13.5. The maximum absolute atomic E-state index is 12.1. The highest BCUT2D eigenvalue weighted by molar-refractivity contribution is 5.80. The summed E-state index contributed by atoms with van der Waals surface area (Å²) in [5.41, 5.74) is 1.94. The highest BCUT2D eigenvalue weighted by atomic mass is 16.5. The highest BCUT2D eigenvalue weighted by Crippen LogP contribution is 2.15. The van der Waals surface area contributed by atoms with Crippen LogP contribution >= 0.6 is 0 Å². The number of rotatable bonds is 8. The van der Waals surface area contributed by atoms with Gasteiger partial charge in [-0.15, -0.1) is 6.58 Å². The second-order valence-corrected chi connectivity index (χ2v) is 5.25. The molecule has 0 unspecified atom stereocenters. The summed E-state index contributed by atoms with van der Waals surface area (Å²) < 4.78 is 7.13. The van der Waals surface area contributed by atoms with Crippen LogP contribution < -0.4 is 5.32 Å². The van der Waals surface area contributed by atoms with Crippen LogP contribution in [0.2, 0.25) is 0 Å². The smallest absolute Gasteiger partial charge is 0.249 e. The van der Waals surface area contributed by atoms with Crippen molar-refractivity contribution in [2.24, 2.45) is 0 Å². The first-order valence-electron chi connectivity index (χ1n) is 7.59. The van der Waals surface area contributed by atoms with Crippen LogP contribution in [0.25, 0.3) is 5.69 Å². The van der Waals surface area contributed by atoms with Gasteiger partial charge in [0, 0.05) is 0 Å². The molecule has 0 bridgehead atoms. The Kier molecular flexibility index (Phi) is 6.05. The van der Waals surface area contributed by atoms with Crippen LogP contribution in [0.1, 0.15) is 31.9 Å². The molecule has 1 aromatic carbocycles. The molecule has 0 saturated heterocycles. The molecule has 122 valence electrons. The summed E-state index contributed by atoms with van der Waals surface area (Å²) in [4.78, 5) is 16.0. The summed E-state index contributed by atoms with van der Waals surface area (Å²) in [6.07, 6.45) is 5.15. The second kappa shape index (κ2) is 8.24. The molecule has 2 rings (SSSR count). The molecule has 0 fully saturated rings. The van der Waals surface area contributed by atoms with Crippen molar-refractivity contribution in [3.63, 3.8) is 0 Å². The largest absolute Gasteiger partial charge is 0.368 e. The van der Waals surface area contributed by atoms with Crippen LogP contribution in [0.15, 0.2) is 49.6 Å². The first-order chi connectivity index (χ1) is 11.1. The number of carbonyl (C=O) groups is 1. The molecule has 1 N–H and O–H groups in total. The third-order valence-corrected chi connectivity index (χ3v) is 3.49. The molecule has 2 aromatic rings. The molecule has 1 amide bonds. The predicted octanol–water partition coefficient (Wildman–Crippen LogP) is 2.43. The van der Waals surface area contributed by atoms with Crippen LogP contribution in [0.5, 0.6) is 0 Å². The first-order valence-corrected chi connectivity index (χ1v) is 7.59. The minimum atomic E-state index is -0.480. The topological polar surface area (TPSA) is 69.0 Å². The Morgan fingerprint density at radius 1 is 1.39 bits per heavy atom. The Morgan fingerprint density at radius 2 is 2.13 bits per heavy atom.